The smallest absolute Gasteiger partial charge is 0.256 e. The molecule has 2 rings (SSSR count). The first kappa shape index (κ1) is 15.0. The third-order valence-electron chi connectivity index (χ3n) is 2.92. The van der Waals surface area contributed by atoms with Crippen molar-refractivity contribution in [3.05, 3.63) is 63.3 Å². The summed E-state index contributed by atoms with van der Waals surface area (Å²) in [5, 5.41) is 0.675. The molecular formula is C15H14BrClN2O. The fraction of sp³-hybridized carbons (Fsp3) is 0.200. The van der Waals surface area contributed by atoms with E-state index in [-0.39, 0.29) is 5.91 Å². The fourth-order valence-electron chi connectivity index (χ4n) is 1.90. The quantitative estimate of drug-likeness (QED) is 0.773. The predicted octanol–water partition coefficient (Wildman–Crippen LogP) is 4.16. The zero-order chi connectivity index (χ0) is 14.5. The minimum absolute atomic E-state index is 0.0487. The first-order valence-electron chi connectivity index (χ1n) is 6.26. The third-order valence-corrected chi connectivity index (χ3v) is 3.79. The molecule has 0 atom stereocenters. The molecule has 0 radical (unpaired) electrons. The highest BCUT2D eigenvalue weighted by atomic mass is 79.9. The number of amides is 1. The largest absolute Gasteiger partial charge is 0.335 e. The van der Waals surface area contributed by atoms with Crippen LogP contribution in [0.15, 0.2) is 47.2 Å². The van der Waals surface area contributed by atoms with Crippen LogP contribution in [0.4, 0.5) is 0 Å². The van der Waals surface area contributed by atoms with Crippen molar-refractivity contribution in [2.24, 2.45) is 0 Å². The lowest BCUT2D eigenvalue weighted by molar-refractivity contribution is 0.0751. The average Bonchev–Trinajstić information content (AvgIpc) is 2.44. The molecule has 1 heterocycles. The Bertz CT molecular complexity index is 618. The van der Waals surface area contributed by atoms with Gasteiger partial charge in [-0.15, -0.1) is 0 Å². The topological polar surface area (TPSA) is 33.2 Å². The summed E-state index contributed by atoms with van der Waals surface area (Å²) in [5.41, 5.74) is 1.57. The van der Waals surface area contributed by atoms with E-state index in [1.165, 1.54) is 0 Å². The molecule has 1 aromatic carbocycles. The van der Waals surface area contributed by atoms with Gasteiger partial charge in [0.1, 0.15) is 4.60 Å². The molecule has 0 aliphatic carbocycles. The van der Waals surface area contributed by atoms with Gasteiger partial charge in [-0.05, 0) is 52.7 Å². The lowest BCUT2D eigenvalue weighted by Crippen LogP contribution is -2.30. The van der Waals surface area contributed by atoms with Gasteiger partial charge in [-0.3, -0.25) is 4.79 Å². The van der Waals surface area contributed by atoms with Crippen molar-refractivity contribution < 1.29 is 4.79 Å². The maximum Gasteiger partial charge on any atom is 0.256 e. The molecular weight excluding hydrogens is 340 g/mol. The lowest BCUT2D eigenvalue weighted by atomic mass is 10.2. The van der Waals surface area contributed by atoms with Crippen LogP contribution in [0.25, 0.3) is 0 Å². The lowest BCUT2D eigenvalue weighted by Gasteiger charge is -2.21. The van der Waals surface area contributed by atoms with Crippen molar-refractivity contribution in [2.75, 3.05) is 6.54 Å². The normalized spacial score (nSPS) is 10.3. The maximum atomic E-state index is 12.5. The fourth-order valence-corrected chi connectivity index (χ4v) is 2.53. The summed E-state index contributed by atoms with van der Waals surface area (Å²) in [6.45, 7) is 3.09. The summed E-state index contributed by atoms with van der Waals surface area (Å²) in [6.07, 6.45) is 1.65. The van der Waals surface area contributed by atoms with E-state index in [4.69, 9.17) is 11.6 Å². The molecule has 0 spiro atoms. The third kappa shape index (κ3) is 3.58. The second kappa shape index (κ2) is 6.86. The maximum absolute atomic E-state index is 12.5. The Labute approximate surface area is 131 Å². The first-order chi connectivity index (χ1) is 9.61. The van der Waals surface area contributed by atoms with Crippen LogP contribution in [-0.2, 0) is 6.54 Å². The monoisotopic (exact) mass is 352 g/mol. The average molecular weight is 354 g/mol. The van der Waals surface area contributed by atoms with Crippen molar-refractivity contribution in [1.29, 1.82) is 0 Å². The molecule has 0 saturated carbocycles. The van der Waals surface area contributed by atoms with Crippen LogP contribution in [0.2, 0.25) is 5.02 Å². The number of halogens is 2. The summed E-state index contributed by atoms with van der Waals surface area (Å²) < 4.78 is 0.564. The van der Waals surface area contributed by atoms with Crippen molar-refractivity contribution in [3.63, 3.8) is 0 Å². The van der Waals surface area contributed by atoms with Gasteiger partial charge in [-0.2, -0.15) is 0 Å². The van der Waals surface area contributed by atoms with Crippen LogP contribution in [-0.4, -0.2) is 22.3 Å². The van der Waals surface area contributed by atoms with E-state index in [9.17, 15) is 4.79 Å². The molecule has 0 aliphatic rings. The molecule has 1 amide bonds. The number of hydrogen-bond donors (Lipinski definition) is 0. The van der Waals surface area contributed by atoms with Crippen molar-refractivity contribution in [1.82, 2.24) is 9.88 Å². The van der Waals surface area contributed by atoms with Crippen LogP contribution >= 0.6 is 27.5 Å². The minimum atomic E-state index is -0.0487. The van der Waals surface area contributed by atoms with Crippen LogP contribution in [0, 0.1) is 0 Å². The number of carbonyl (C=O) groups excluding carboxylic acids is 1. The molecule has 0 saturated heterocycles. The predicted molar refractivity (Wildman–Crippen MR) is 83.8 cm³/mol. The molecule has 0 fully saturated rings. The standard InChI is InChI=1S/C15H14BrClN2O/c1-2-19(10-11-5-3-6-12(17)9-11)15(20)13-7-4-8-18-14(13)16/h3-9H,2,10H2,1H3. The highest BCUT2D eigenvalue weighted by molar-refractivity contribution is 9.10. The van der Waals surface area contributed by atoms with Crippen molar-refractivity contribution in [3.8, 4) is 0 Å². The van der Waals surface area contributed by atoms with Gasteiger partial charge in [0.25, 0.3) is 5.91 Å². The van der Waals surface area contributed by atoms with E-state index in [2.05, 4.69) is 20.9 Å². The van der Waals surface area contributed by atoms with E-state index in [1.807, 2.05) is 31.2 Å². The second-order valence-corrected chi connectivity index (χ2v) is 5.48. The second-order valence-electron chi connectivity index (χ2n) is 4.29. The molecule has 0 aliphatic heterocycles. The summed E-state index contributed by atoms with van der Waals surface area (Å²) in [7, 11) is 0. The Morgan fingerprint density at radius 2 is 2.15 bits per heavy atom. The molecule has 0 bridgehead atoms. The van der Waals surface area contributed by atoms with Crippen molar-refractivity contribution >= 4 is 33.4 Å². The Morgan fingerprint density at radius 1 is 1.35 bits per heavy atom. The highest BCUT2D eigenvalue weighted by Gasteiger charge is 2.17. The van der Waals surface area contributed by atoms with E-state index in [1.54, 1.807) is 23.2 Å². The number of benzene rings is 1. The van der Waals surface area contributed by atoms with Crippen LogP contribution < -0.4 is 0 Å². The number of aromatic nitrogens is 1. The SMILES string of the molecule is CCN(Cc1cccc(Cl)c1)C(=O)c1cccnc1Br. The minimum Gasteiger partial charge on any atom is -0.335 e. The number of pyridine rings is 1. The zero-order valence-corrected chi connectivity index (χ0v) is 13.4. The molecule has 1 aromatic heterocycles. The first-order valence-corrected chi connectivity index (χ1v) is 7.43. The molecule has 0 N–H and O–H groups in total. The van der Waals surface area contributed by atoms with Crippen LogP contribution in [0.3, 0.4) is 0 Å². The van der Waals surface area contributed by atoms with Gasteiger partial charge in [0.15, 0.2) is 0 Å². The van der Waals surface area contributed by atoms with Gasteiger partial charge < -0.3 is 4.90 Å². The Morgan fingerprint density at radius 3 is 2.80 bits per heavy atom. The van der Waals surface area contributed by atoms with Crippen LogP contribution in [0.5, 0.6) is 0 Å². The number of hydrogen-bond acceptors (Lipinski definition) is 2. The van der Waals surface area contributed by atoms with Crippen molar-refractivity contribution in [2.45, 2.75) is 13.5 Å². The van der Waals surface area contributed by atoms with Gasteiger partial charge in [0.2, 0.25) is 0 Å². The van der Waals surface area contributed by atoms with E-state index in [0.717, 1.165) is 5.56 Å². The molecule has 104 valence electrons. The van der Waals surface area contributed by atoms with Gasteiger partial charge >= 0.3 is 0 Å². The van der Waals surface area contributed by atoms with Gasteiger partial charge in [0.05, 0.1) is 5.56 Å². The molecule has 5 heteroatoms. The molecule has 0 unspecified atom stereocenters. The van der Waals surface area contributed by atoms with E-state index >= 15 is 0 Å². The van der Waals surface area contributed by atoms with E-state index < -0.39 is 0 Å². The number of rotatable bonds is 4. The summed E-state index contributed by atoms with van der Waals surface area (Å²) in [6, 6.07) is 11.1. The number of carbonyl (C=O) groups is 1. The molecule has 20 heavy (non-hydrogen) atoms. The van der Waals surface area contributed by atoms with Gasteiger partial charge in [0, 0.05) is 24.3 Å². The summed E-state index contributed by atoms with van der Waals surface area (Å²) >= 11 is 9.28. The van der Waals surface area contributed by atoms with E-state index in [0.29, 0.717) is 28.3 Å². The Hall–Kier alpha value is -1.39. The molecule has 2 aromatic rings. The Kier molecular flexibility index (Phi) is 5.15. The summed E-state index contributed by atoms with van der Waals surface area (Å²) in [4.78, 5) is 18.4. The van der Waals surface area contributed by atoms with Gasteiger partial charge in [-0.25, -0.2) is 4.98 Å². The number of nitrogens with zero attached hydrogens (tertiary/aromatic N) is 2. The van der Waals surface area contributed by atoms with Gasteiger partial charge in [-0.1, -0.05) is 23.7 Å². The Balaban J connectivity index is 2.20. The highest BCUT2D eigenvalue weighted by Crippen LogP contribution is 2.18. The molecule has 3 nitrogen and oxygen atoms in total. The summed E-state index contributed by atoms with van der Waals surface area (Å²) in [5.74, 6) is -0.0487. The zero-order valence-electron chi connectivity index (χ0n) is 11.0. The van der Waals surface area contributed by atoms with Crippen LogP contribution in [0.1, 0.15) is 22.8 Å².